The van der Waals surface area contributed by atoms with Crippen LogP contribution in [0.25, 0.3) is 66.1 Å². The minimum Gasteiger partial charge on any atom is -0.310 e. The summed E-state index contributed by atoms with van der Waals surface area (Å²) in [7, 11) is 0. The van der Waals surface area contributed by atoms with Gasteiger partial charge in [-0.05, 0) is 152 Å². The fraction of sp³-hybridized carbons (Fsp3) is 0.0638. The third kappa shape index (κ3) is 4.62. The first kappa shape index (κ1) is 28.3. The third-order valence-electron chi connectivity index (χ3n) is 10.1. The van der Waals surface area contributed by atoms with Crippen molar-refractivity contribution in [2.75, 3.05) is 4.90 Å². The summed E-state index contributed by atoms with van der Waals surface area (Å²) < 4.78 is 0. The van der Waals surface area contributed by atoms with E-state index in [0.717, 1.165) is 0 Å². The van der Waals surface area contributed by atoms with E-state index in [9.17, 15) is 0 Å². The van der Waals surface area contributed by atoms with Crippen LogP contribution in [0.5, 0.6) is 0 Å². The average Bonchev–Trinajstić information content (AvgIpc) is 3.12. The highest BCUT2D eigenvalue weighted by molar-refractivity contribution is 6.12. The van der Waals surface area contributed by atoms with Crippen molar-refractivity contribution >= 4 is 38.6 Å². The molecule has 0 bridgehead atoms. The van der Waals surface area contributed by atoms with Crippen LogP contribution in [0, 0.1) is 20.8 Å². The van der Waals surface area contributed by atoms with Gasteiger partial charge in [-0.3, -0.25) is 0 Å². The summed E-state index contributed by atoms with van der Waals surface area (Å²) in [5.74, 6) is 0. The molecule has 0 fully saturated rings. The highest BCUT2D eigenvalue weighted by Crippen LogP contribution is 2.51. The summed E-state index contributed by atoms with van der Waals surface area (Å²) >= 11 is 0. The summed E-state index contributed by atoms with van der Waals surface area (Å²) in [4.78, 5) is 2.47. The maximum atomic E-state index is 2.47. The van der Waals surface area contributed by atoms with Crippen LogP contribution in [0.3, 0.4) is 0 Å². The van der Waals surface area contributed by atoms with Crippen LogP contribution in [0.2, 0.25) is 0 Å². The van der Waals surface area contributed by atoms with Crippen molar-refractivity contribution in [3.63, 3.8) is 0 Å². The summed E-state index contributed by atoms with van der Waals surface area (Å²) in [6.45, 7) is 6.67. The van der Waals surface area contributed by atoms with E-state index in [-0.39, 0.29) is 0 Å². The van der Waals surface area contributed by atoms with Crippen LogP contribution in [-0.4, -0.2) is 0 Å². The van der Waals surface area contributed by atoms with E-state index in [1.54, 1.807) is 0 Å². The zero-order valence-electron chi connectivity index (χ0n) is 27.5. The SMILES string of the molecule is Cc1ccc(-c2ccccc2)cc1N(c1ccc2cc3c(cc2c1)-c1cc2cc(-c4ccccc4)ccc2cc1-3)c1c(C)cccc1C. The molecule has 0 radical (unpaired) electrons. The van der Waals surface area contributed by atoms with E-state index >= 15 is 0 Å². The standard InChI is InChI=1S/C47H35N/c1-30-17-18-38(34-15-8-5-9-16-34)29-46(30)48(47-31(2)11-10-12-32(47)3)41-22-21-37-26-43-42-25-36-20-19-35(33-13-6-4-7-14-33)23-39(36)27-44(42)45(43)28-40(37)24-41/h4-29H,1-3H3. The Morgan fingerprint density at radius 1 is 0.333 bits per heavy atom. The molecule has 0 spiro atoms. The number of hydrogen-bond donors (Lipinski definition) is 0. The Hall–Kier alpha value is -5.92. The molecule has 8 aromatic rings. The van der Waals surface area contributed by atoms with E-state index in [2.05, 4.69) is 183 Å². The summed E-state index contributed by atoms with van der Waals surface area (Å²) in [6.07, 6.45) is 0. The molecule has 1 nitrogen and oxygen atoms in total. The first-order valence-electron chi connectivity index (χ1n) is 16.8. The maximum absolute atomic E-state index is 2.47. The van der Waals surface area contributed by atoms with E-state index < -0.39 is 0 Å². The lowest BCUT2D eigenvalue weighted by Gasteiger charge is -2.31. The van der Waals surface area contributed by atoms with Crippen LogP contribution in [0.1, 0.15) is 16.7 Å². The van der Waals surface area contributed by atoms with Crippen molar-refractivity contribution in [3.8, 4) is 44.5 Å². The fourth-order valence-electron chi connectivity index (χ4n) is 7.57. The van der Waals surface area contributed by atoms with E-state index in [4.69, 9.17) is 0 Å². The second-order valence-corrected chi connectivity index (χ2v) is 13.2. The second kappa shape index (κ2) is 11.1. The first-order chi connectivity index (χ1) is 23.5. The van der Waals surface area contributed by atoms with Gasteiger partial charge in [0.2, 0.25) is 0 Å². The van der Waals surface area contributed by atoms with Crippen LogP contribution in [-0.2, 0) is 0 Å². The molecule has 8 aromatic carbocycles. The zero-order chi connectivity index (χ0) is 32.4. The van der Waals surface area contributed by atoms with Crippen molar-refractivity contribution in [1.82, 2.24) is 0 Å². The highest BCUT2D eigenvalue weighted by atomic mass is 15.1. The Morgan fingerprint density at radius 3 is 1.44 bits per heavy atom. The van der Waals surface area contributed by atoms with Gasteiger partial charge in [-0.2, -0.15) is 0 Å². The molecule has 0 saturated carbocycles. The Kier molecular flexibility index (Phi) is 6.55. The van der Waals surface area contributed by atoms with Crippen LogP contribution in [0.15, 0.2) is 158 Å². The van der Waals surface area contributed by atoms with Gasteiger partial charge in [0.25, 0.3) is 0 Å². The predicted molar refractivity (Wildman–Crippen MR) is 206 cm³/mol. The molecule has 0 saturated heterocycles. The number of nitrogens with zero attached hydrogens (tertiary/aromatic N) is 1. The molecule has 1 heteroatoms. The number of fused-ring (bicyclic) bond motifs is 6. The average molecular weight is 614 g/mol. The van der Waals surface area contributed by atoms with E-state index in [1.165, 1.54) is 99.8 Å². The molecule has 0 heterocycles. The number of para-hydroxylation sites is 1. The number of benzene rings is 8. The zero-order valence-corrected chi connectivity index (χ0v) is 27.5. The van der Waals surface area contributed by atoms with Gasteiger partial charge in [-0.1, -0.05) is 109 Å². The van der Waals surface area contributed by atoms with Crippen molar-refractivity contribution in [3.05, 3.63) is 174 Å². The lowest BCUT2D eigenvalue weighted by molar-refractivity contribution is 1.20. The molecule has 0 amide bonds. The van der Waals surface area contributed by atoms with Crippen LogP contribution >= 0.6 is 0 Å². The number of hydrogen-bond acceptors (Lipinski definition) is 1. The quantitative estimate of drug-likeness (QED) is 0.187. The topological polar surface area (TPSA) is 3.24 Å². The molecule has 0 N–H and O–H groups in total. The molecule has 0 aliphatic heterocycles. The molecular weight excluding hydrogens is 579 g/mol. The van der Waals surface area contributed by atoms with Crippen LogP contribution < -0.4 is 4.90 Å². The van der Waals surface area contributed by atoms with Gasteiger partial charge in [0.1, 0.15) is 0 Å². The lowest BCUT2D eigenvalue weighted by Crippen LogP contribution is -2.14. The monoisotopic (exact) mass is 613 g/mol. The number of rotatable bonds is 5. The molecule has 228 valence electrons. The van der Waals surface area contributed by atoms with Gasteiger partial charge < -0.3 is 4.90 Å². The molecule has 1 aliphatic carbocycles. The molecular formula is C47H35N. The normalized spacial score (nSPS) is 11.6. The molecule has 0 unspecified atom stereocenters. The van der Waals surface area contributed by atoms with Crippen molar-refractivity contribution in [2.45, 2.75) is 20.8 Å². The Balaban J connectivity index is 1.18. The van der Waals surface area contributed by atoms with E-state index in [1.807, 2.05) is 0 Å². The number of anilines is 3. The molecule has 0 aromatic heterocycles. The smallest absolute Gasteiger partial charge is 0.0520 e. The van der Waals surface area contributed by atoms with Crippen molar-refractivity contribution in [1.29, 1.82) is 0 Å². The van der Waals surface area contributed by atoms with Gasteiger partial charge in [0.05, 0.1) is 5.69 Å². The Bertz CT molecular complexity index is 2500. The van der Waals surface area contributed by atoms with Gasteiger partial charge in [0.15, 0.2) is 0 Å². The summed E-state index contributed by atoms with van der Waals surface area (Å²) in [6, 6.07) is 58.1. The number of aryl methyl sites for hydroxylation is 3. The highest BCUT2D eigenvalue weighted by Gasteiger charge is 2.25. The largest absolute Gasteiger partial charge is 0.310 e. The minimum atomic E-state index is 1.17. The Labute approximate surface area is 282 Å². The summed E-state index contributed by atoms with van der Waals surface area (Å²) in [5, 5.41) is 5.08. The van der Waals surface area contributed by atoms with Gasteiger partial charge in [-0.15, -0.1) is 0 Å². The van der Waals surface area contributed by atoms with Gasteiger partial charge in [-0.25, -0.2) is 0 Å². The molecule has 0 atom stereocenters. The van der Waals surface area contributed by atoms with Gasteiger partial charge in [0, 0.05) is 11.4 Å². The third-order valence-corrected chi connectivity index (χ3v) is 10.1. The second-order valence-electron chi connectivity index (χ2n) is 13.2. The minimum absolute atomic E-state index is 1.17. The van der Waals surface area contributed by atoms with Crippen LogP contribution in [0.4, 0.5) is 17.1 Å². The predicted octanol–water partition coefficient (Wildman–Crippen LogP) is 13.4. The van der Waals surface area contributed by atoms with Gasteiger partial charge >= 0.3 is 0 Å². The fourth-order valence-corrected chi connectivity index (χ4v) is 7.57. The maximum Gasteiger partial charge on any atom is 0.0520 e. The van der Waals surface area contributed by atoms with Crippen molar-refractivity contribution < 1.29 is 0 Å². The molecule has 1 aliphatic rings. The summed E-state index contributed by atoms with van der Waals surface area (Å²) in [5.41, 5.74) is 17.7. The van der Waals surface area contributed by atoms with E-state index in [0.29, 0.717) is 0 Å². The molecule has 9 rings (SSSR count). The first-order valence-corrected chi connectivity index (χ1v) is 16.8. The van der Waals surface area contributed by atoms with Crippen molar-refractivity contribution in [2.24, 2.45) is 0 Å². The lowest BCUT2D eigenvalue weighted by atomic mass is 9.77. The Morgan fingerprint density at radius 2 is 0.833 bits per heavy atom. The molecule has 48 heavy (non-hydrogen) atoms.